The molecule has 0 heterocycles. The van der Waals surface area contributed by atoms with Gasteiger partial charge < -0.3 is 10.5 Å². The molecule has 108 valence electrons. The summed E-state index contributed by atoms with van der Waals surface area (Å²) in [6, 6.07) is 14.3. The molecule has 2 aromatic carbocycles. The minimum atomic E-state index is -0.894. The van der Waals surface area contributed by atoms with Crippen molar-refractivity contribution in [2.45, 2.75) is 0 Å². The SMILES string of the molecule is NC(=O)NC(=O)COc1ccc(-c2ccc(Br)cc2)cc1. The van der Waals surface area contributed by atoms with E-state index in [1.807, 2.05) is 41.7 Å². The molecule has 2 aromatic rings. The number of nitrogens with one attached hydrogen (secondary N) is 1. The van der Waals surface area contributed by atoms with E-state index in [1.165, 1.54) is 0 Å². The van der Waals surface area contributed by atoms with Gasteiger partial charge in [-0.25, -0.2) is 4.79 Å². The molecule has 0 aliphatic rings. The molecule has 0 spiro atoms. The van der Waals surface area contributed by atoms with Crippen LogP contribution in [0.2, 0.25) is 0 Å². The number of hydrogen-bond acceptors (Lipinski definition) is 3. The van der Waals surface area contributed by atoms with Crippen LogP contribution in [0.25, 0.3) is 11.1 Å². The van der Waals surface area contributed by atoms with Gasteiger partial charge in [-0.05, 0) is 35.4 Å². The monoisotopic (exact) mass is 348 g/mol. The summed E-state index contributed by atoms with van der Waals surface area (Å²) in [5, 5.41) is 1.93. The van der Waals surface area contributed by atoms with Gasteiger partial charge in [0.1, 0.15) is 5.75 Å². The molecule has 6 heteroatoms. The summed E-state index contributed by atoms with van der Waals surface area (Å²) in [4.78, 5) is 21.7. The highest BCUT2D eigenvalue weighted by atomic mass is 79.9. The van der Waals surface area contributed by atoms with Gasteiger partial charge in [0.15, 0.2) is 6.61 Å². The van der Waals surface area contributed by atoms with Crippen molar-refractivity contribution < 1.29 is 14.3 Å². The zero-order valence-corrected chi connectivity index (χ0v) is 12.6. The number of benzene rings is 2. The van der Waals surface area contributed by atoms with Gasteiger partial charge in [0.05, 0.1) is 0 Å². The topological polar surface area (TPSA) is 81.4 Å². The number of rotatable bonds is 4. The lowest BCUT2D eigenvalue weighted by Gasteiger charge is -2.07. The van der Waals surface area contributed by atoms with Gasteiger partial charge in [0.25, 0.3) is 5.91 Å². The number of halogens is 1. The van der Waals surface area contributed by atoms with E-state index >= 15 is 0 Å². The second-order valence-electron chi connectivity index (χ2n) is 4.23. The number of carbonyl (C=O) groups is 2. The summed E-state index contributed by atoms with van der Waals surface area (Å²) in [6.07, 6.45) is 0. The average Bonchev–Trinajstić information content (AvgIpc) is 2.46. The van der Waals surface area contributed by atoms with Crippen LogP contribution in [0, 0.1) is 0 Å². The predicted octanol–water partition coefficient (Wildman–Crippen LogP) is 2.69. The van der Waals surface area contributed by atoms with Gasteiger partial charge in [-0.3, -0.25) is 10.1 Å². The van der Waals surface area contributed by atoms with Crippen LogP contribution < -0.4 is 15.8 Å². The second kappa shape index (κ2) is 6.90. The van der Waals surface area contributed by atoms with Crippen LogP contribution in [0.1, 0.15) is 0 Å². The zero-order chi connectivity index (χ0) is 15.2. The number of primary amides is 1. The highest BCUT2D eigenvalue weighted by Gasteiger charge is 2.05. The van der Waals surface area contributed by atoms with Crippen molar-refractivity contribution in [3.05, 3.63) is 53.0 Å². The van der Waals surface area contributed by atoms with Crippen LogP contribution in [-0.4, -0.2) is 18.5 Å². The Morgan fingerprint density at radius 2 is 1.52 bits per heavy atom. The maximum atomic E-state index is 11.2. The van der Waals surface area contributed by atoms with Crippen LogP contribution in [0.3, 0.4) is 0 Å². The Bertz CT molecular complexity index is 639. The van der Waals surface area contributed by atoms with E-state index in [4.69, 9.17) is 10.5 Å². The van der Waals surface area contributed by atoms with Crippen molar-refractivity contribution in [1.29, 1.82) is 0 Å². The first-order valence-corrected chi connectivity index (χ1v) is 6.92. The largest absolute Gasteiger partial charge is 0.484 e. The van der Waals surface area contributed by atoms with Crippen molar-refractivity contribution in [2.24, 2.45) is 5.73 Å². The molecule has 3 N–H and O–H groups in total. The molecule has 0 saturated carbocycles. The van der Waals surface area contributed by atoms with Crippen molar-refractivity contribution in [3.8, 4) is 16.9 Å². The number of ether oxygens (including phenoxy) is 1. The van der Waals surface area contributed by atoms with E-state index in [2.05, 4.69) is 15.9 Å². The van der Waals surface area contributed by atoms with Crippen molar-refractivity contribution >= 4 is 27.9 Å². The minimum absolute atomic E-state index is 0.263. The molecule has 0 aliphatic heterocycles. The van der Waals surface area contributed by atoms with Crippen LogP contribution in [0.5, 0.6) is 5.75 Å². The molecule has 21 heavy (non-hydrogen) atoms. The first-order chi connectivity index (χ1) is 10.0. The zero-order valence-electron chi connectivity index (χ0n) is 11.0. The van der Waals surface area contributed by atoms with E-state index in [1.54, 1.807) is 12.1 Å². The fourth-order valence-corrected chi connectivity index (χ4v) is 1.97. The summed E-state index contributed by atoms with van der Waals surface area (Å²) >= 11 is 3.39. The Balaban J connectivity index is 1.97. The summed E-state index contributed by atoms with van der Waals surface area (Å²) in [5.74, 6) is -0.0463. The Kier molecular flexibility index (Phi) is 4.94. The smallest absolute Gasteiger partial charge is 0.318 e. The fourth-order valence-electron chi connectivity index (χ4n) is 1.71. The molecular weight excluding hydrogens is 336 g/mol. The predicted molar refractivity (Wildman–Crippen MR) is 82.8 cm³/mol. The third kappa shape index (κ3) is 4.61. The lowest BCUT2D eigenvalue weighted by atomic mass is 10.1. The molecule has 0 saturated heterocycles. The number of imide groups is 1. The quantitative estimate of drug-likeness (QED) is 0.891. The van der Waals surface area contributed by atoms with Crippen molar-refractivity contribution in [3.63, 3.8) is 0 Å². The fraction of sp³-hybridized carbons (Fsp3) is 0.0667. The molecule has 0 aliphatic carbocycles. The Morgan fingerprint density at radius 1 is 1.00 bits per heavy atom. The molecule has 0 atom stereocenters. The minimum Gasteiger partial charge on any atom is -0.484 e. The van der Waals surface area contributed by atoms with Crippen LogP contribution in [0.4, 0.5) is 4.79 Å². The second-order valence-corrected chi connectivity index (χ2v) is 5.15. The highest BCUT2D eigenvalue weighted by molar-refractivity contribution is 9.10. The summed E-state index contributed by atoms with van der Waals surface area (Å²) in [7, 11) is 0. The molecule has 3 amide bonds. The van der Waals surface area contributed by atoms with Gasteiger partial charge in [-0.1, -0.05) is 40.2 Å². The van der Waals surface area contributed by atoms with Crippen LogP contribution in [-0.2, 0) is 4.79 Å². The average molecular weight is 349 g/mol. The highest BCUT2D eigenvalue weighted by Crippen LogP contribution is 2.23. The lowest BCUT2D eigenvalue weighted by Crippen LogP contribution is -2.38. The summed E-state index contributed by atoms with van der Waals surface area (Å²) in [5.41, 5.74) is 6.95. The Hall–Kier alpha value is -2.34. The van der Waals surface area contributed by atoms with Gasteiger partial charge in [0, 0.05) is 4.47 Å². The number of hydrogen-bond donors (Lipinski definition) is 2. The first-order valence-electron chi connectivity index (χ1n) is 6.12. The lowest BCUT2D eigenvalue weighted by molar-refractivity contribution is -0.121. The Morgan fingerprint density at radius 3 is 2.05 bits per heavy atom. The maximum Gasteiger partial charge on any atom is 0.318 e. The third-order valence-corrected chi connectivity index (χ3v) is 3.19. The standard InChI is InChI=1S/C15H13BrN2O3/c16-12-5-1-10(2-6-12)11-3-7-13(8-4-11)21-9-14(19)18-15(17)20/h1-8H,9H2,(H3,17,18,19,20). The van der Waals surface area contributed by atoms with E-state index in [0.717, 1.165) is 15.6 Å². The van der Waals surface area contributed by atoms with E-state index in [-0.39, 0.29) is 6.61 Å². The molecule has 0 bridgehead atoms. The van der Waals surface area contributed by atoms with Gasteiger partial charge in [-0.15, -0.1) is 0 Å². The number of urea groups is 1. The first kappa shape index (κ1) is 15.1. The van der Waals surface area contributed by atoms with Gasteiger partial charge in [-0.2, -0.15) is 0 Å². The van der Waals surface area contributed by atoms with Crippen molar-refractivity contribution in [1.82, 2.24) is 5.32 Å². The van der Waals surface area contributed by atoms with E-state index in [0.29, 0.717) is 5.75 Å². The summed E-state index contributed by atoms with van der Waals surface area (Å²) in [6.45, 7) is -0.263. The Labute approximate surface area is 130 Å². The number of nitrogens with two attached hydrogens (primary N) is 1. The molecule has 0 radical (unpaired) electrons. The normalized spacial score (nSPS) is 9.95. The van der Waals surface area contributed by atoms with Crippen LogP contribution >= 0.6 is 15.9 Å². The van der Waals surface area contributed by atoms with Gasteiger partial charge >= 0.3 is 6.03 Å². The molecule has 0 fully saturated rings. The molecular formula is C15H13BrN2O3. The van der Waals surface area contributed by atoms with E-state index < -0.39 is 11.9 Å². The van der Waals surface area contributed by atoms with Crippen LogP contribution in [0.15, 0.2) is 53.0 Å². The summed E-state index contributed by atoms with van der Waals surface area (Å²) < 4.78 is 6.27. The van der Waals surface area contributed by atoms with E-state index in [9.17, 15) is 9.59 Å². The van der Waals surface area contributed by atoms with Gasteiger partial charge in [0.2, 0.25) is 0 Å². The molecule has 0 aromatic heterocycles. The molecule has 0 unspecified atom stereocenters. The molecule has 2 rings (SSSR count). The molecule has 5 nitrogen and oxygen atoms in total. The number of carbonyl (C=O) groups excluding carboxylic acids is 2. The number of amides is 3. The maximum absolute atomic E-state index is 11.2. The van der Waals surface area contributed by atoms with Crippen molar-refractivity contribution in [2.75, 3.05) is 6.61 Å². The third-order valence-electron chi connectivity index (χ3n) is 2.66.